The van der Waals surface area contributed by atoms with E-state index >= 15 is 0 Å². The average Bonchev–Trinajstić information content (AvgIpc) is 3.41. The van der Waals surface area contributed by atoms with Crippen molar-refractivity contribution in [2.45, 2.75) is 6.54 Å². The van der Waals surface area contributed by atoms with Crippen LogP contribution in [0, 0.1) is 0 Å². The number of rotatable bonds is 5. The standard InChI is InChI=1S/C23H17ClN6O2/c24-17-9-7-16(8-10-17)19-13-20(27-26-19)22(31)25-18-5-3-4-15(12-18)14-30-23(32)29-11-2-1-6-21(29)28-30/h1-13H,14H2,(H,25,31)(H,26,27). The van der Waals surface area contributed by atoms with Crippen molar-refractivity contribution in [2.24, 2.45) is 0 Å². The van der Waals surface area contributed by atoms with Crippen molar-refractivity contribution in [1.29, 1.82) is 0 Å². The minimum absolute atomic E-state index is 0.220. The van der Waals surface area contributed by atoms with Crippen molar-refractivity contribution in [1.82, 2.24) is 24.4 Å². The van der Waals surface area contributed by atoms with E-state index in [9.17, 15) is 9.59 Å². The first kappa shape index (κ1) is 19.8. The second-order valence-corrected chi connectivity index (χ2v) is 7.63. The number of hydrogen-bond acceptors (Lipinski definition) is 4. The monoisotopic (exact) mass is 444 g/mol. The number of carbonyl (C=O) groups is 1. The van der Waals surface area contributed by atoms with Crippen LogP contribution in [0.25, 0.3) is 16.9 Å². The molecule has 0 saturated carbocycles. The van der Waals surface area contributed by atoms with Crippen molar-refractivity contribution in [2.75, 3.05) is 5.32 Å². The number of anilines is 1. The first-order valence-electron chi connectivity index (χ1n) is 9.83. The average molecular weight is 445 g/mol. The Morgan fingerprint density at radius 1 is 1.03 bits per heavy atom. The molecule has 3 heterocycles. The molecule has 1 amide bonds. The summed E-state index contributed by atoms with van der Waals surface area (Å²) in [4.78, 5) is 25.2. The second-order valence-electron chi connectivity index (χ2n) is 7.20. The molecule has 0 atom stereocenters. The van der Waals surface area contributed by atoms with Gasteiger partial charge in [-0.1, -0.05) is 41.9 Å². The molecule has 0 aliphatic carbocycles. The fourth-order valence-corrected chi connectivity index (χ4v) is 3.52. The maximum Gasteiger partial charge on any atom is 0.350 e. The molecule has 8 nitrogen and oxygen atoms in total. The Hall–Kier alpha value is -4.17. The molecule has 2 aromatic carbocycles. The van der Waals surface area contributed by atoms with E-state index in [4.69, 9.17) is 11.6 Å². The Morgan fingerprint density at radius 2 is 1.88 bits per heavy atom. The fraction of sp³-hybridized carbons (Fsp3) is 0.0435. The van der Waals surface area contributed by atoms with E-state index in [1.54, 1.807) is 42.6 Å². The lowest BCUT2D eigenvalue weighted by Crippen LogP contribution is -2.21. The molecule has 0 fully saturated rings. The van der Waals surface area contributed by atoms with Gasteiger partial charge in [-0.25, -0.2) is 9.48 Å². The minimum atomic E-state index is -0.320. The smallest absolute Gasteiger partial charge is 0.321 e. The van der Waals surface area contributed by atoms with Crippen LogP contribution >= 0.6 is 11.6 Å². The van der Waals surface area contributed by atoms with Gasteiger partial charge in [0.1, 0.15) is 5.69 Å². The van der Waals surface area contributed by atoms with Crippen LogP contribution in [0.5, 0.6) is 0 Å². The van der Waals surface area contributed by atoms with Crippen LogP contribution in [0.4, 0.5) is 5.69 Å². The van der Waals surface area contributed by atoms with Gasteiger partial charge in [-0.05, 0) is 48.0 Å². The summed E-state index contributed by atoms with van der Waals surface area (Å²) in [5.74, 6) is -0.320. The molecule has 5 aromatic rings. The number of aromatic amines is 1. The third-order valence-electron chi connectivity index (χ3n) is 4.97. The van der Waals surface area contributed by atoms with Gasteiger partial charge >= 0.3 is 5.69 Å². The molecule has 2 N–H and O–H groups in total. The van der Waals surface area contributed by atoms with Gasteiger partial charge < -0.3 is 5.32 Å². The molecule has 0 aliphatic rings. The van der Waals surface area contributed by atoms with Gasteiger partial charge in [-0.3, -0.25) is 14.3 Å². The number of benzene rings is 2. The van der Waals surface area contributed by atoms with Gasteiger partial charge in [0, 0.05) is 22.5 Å². The fourth-order valence-electron chi connectivity index (χ4n) is 3.40. The number of hydrogen-bond donors (Lipinski definition) is 2. The topological polar surface area (TPSA) is 97.1 Å². The largest absolute Gasteiger partial charge is 0.350 e. The zero-order valence-electron chi connectivity index (χ0n) is 16.7. The molecule has 5 rings (SSSR count). The highest BCUT2D eigenvalue weighted by Gasteiger charge is 2.12. The molecule has 0 spiro atoms. The van der Waals surface area contributed by atoms with Gasteiger partial charge in [0.25, 0.3) is 5.91 Å². The molecule has 0 bridgehead atoms. The van der Waals surface area contributed by atoms with E-state index in [0.29, 0.717) is 27.7 Å². The van der Waals surface area contributed by atoms with E-state index in [2.05, 4.69) is 20.6 Å². The minimum Gasteiger partial charge on any atom is -0.321 e. The van der Waals surface area contributed by atoms with Crippen LogP contribution in [0.3, 0.4) is 0 Å². The Labute approximate surface area is 187 Å². The predicted octanol–water partition coefficient (Wildman–Crippen LogP) is 3.84. The molecule has 0 radical (unpaired) electrons. The van der Waals surface area contributed by atoms with Gasteiger partial charge in [0.05, 0.1) is 12.2 Å². The Bertz CT molecular complexity index is 1480. The molecule has 0 unspecified atom stereocenters. The summed E-state index contributed by atoms with van der Waals surface area (Å²) in [5, 5.41) is 14.8. The van der Waals surface area contributed by atoms with Crippen LogP contribution in [-0.2, 0) is 6.54 Å². The Morgan fingerprint density at radius 3 is 2.69 bits per heavy atom. The Balaban J connectivity index is 1.32. The van der Waals surface area contributed by atoms with Crippen molar-refractivity contribution in [3.05, 3.63) is 106 Å². The van der Waals surface area contributed by atoms with Crippen LogP contribution < -0.4 is 11.0 Å². The summed E-state index contributed by atoms with van der Waals surface area (Å²) in [6.07, 6.45) is 1.68. The van der Waals surface area contributed by atoms with Crippen LogP contribution in [0.1, 0.15) is 16.1 Å². The van der Waals surface area contributed by atoms with Gasteiger partial charge in [0.2, 0.25) is 0 Å². The zero-order chi connectivity index (χ0) is 22.1. The normalized spacial score (nSPS) is 11.0. The predicted molar refractivity (Wildman–Crippen MR) is 122 cm³/mol. The number of carbonyl (C=O) groups excluding carboxylic acids is 1. The number of H-pyrrole nitrogens is 1. The number of pyridine rings is 1. The zero-order valence-corrected chi connectivity index (χ0v) is 17.5. The van der Waals surface area contributed by atoms with E-state index in [1.165, 1.54) is 9.08 Å². The number of nitrogens with zero attached hydrogens (tertiary/aromatic N) is 4. The maximum absolute atomic E-state index is 12.7. The first-order valence-corrected chi connectivity index (χ1v) is 10.2. The number of fused-ring (bicyclic) bond motifs is 1. The van der Waals surface area contributed by atoms with E-state index in [-0.39, 0.29) is 18.1 Å². The lowest BCUT2D eigenvalue weighted by Gasteiger charge is -2.06. The summed E-state index contributed by atoms with van der Waals surface area (Å²) in [6.45, 7) is 0.287. The van der Waals surface area contributed by atoms with Gasteiger partial charge in [-0.2, -0.15) is 5.10 Å². The van der Waals surface area contributed by atoms with E-state index in [1.807, 2.05) is 36.4 Å². The summed E-state index contributed by atoms with van der Waals surface area (Å²) in [5.41, 5.74) is 3.62. The first-order chi connectivity index (χ1) is 15.6. The molecule has 0 saturated heterocycles. The molecular weight excluding hydrogens is 428 g/mol. The van der Waals surface area contributed by atoms with E-state index in [0.717, 1.165) is 11.1 Å². The lowest BCUT2D eigenvalue weighted by atomic mass is 10.1. The van der Waals surface area contributed by atoms with Gasteiger partial charge in [-0.15, -0.1) is 5.10 Å². The van der Waals surface area contributed by atoms with Gasteiger partial charge in [0.15, 0.2) is 5.65 Å². The van der Waals surface area contributed by atoms with Crippen molar-refractivity contribution >= 4 is 28.8 Å². The molecule has 3 aromatic heterocycles. The maximum atomic E-state index is 12.7. The SMILES string of the molecule is O=C(Nc1cccc(Cn2nc3ccccn3c2=O)c1)c1cc(-c2ccc(Cl)cc2)n[nH]1. The number of nitrogens with one attached hydrogen (secondary N) is 2. The van der Waals surface area contributed by atoms with Crippen molar-refractivity contribution in [3.63, 3.8) is 0 Å². The molecule has 0 aliphatic heterocycles. The number of aromatic nitrogens is 5. The molecule has 9 heteroatoms. The summed E-state index contributed by atoms with van der Waals surface area (Å²) < 4.78 is 2.88. The van der Waals surface area contributed by atoms with Crippen molar-refractivity contribution in [3.8, 4) is 11.3 Å². The highest BCUT2D eigenvalue weighted by atomic mass is 35.5. The highest BCUT2D eigenvalue weighted by Crippen LogP contribution is 2.21. The molecule has 158 valence electrons. The quantitative estimate of drug-likeness (QED) is 0.430. The third-order valence-corrected chi connectivity index (χ3v) is 5.22. The lowest BCUT2D eigenvalue weighted by molar-refractivity contribution is 0.102. The van der Waals surface area contributed by atoms with Crippen LogP contribution in [0.2, 0.25) is 5.02 Å². The summed E-state index contributed by atoms with van der Waals surface area (Å²) in [6, 6.07) is 21.6. The molecular formula is C23H17ClN6O2. The van der Waals surface area contributed by atoms with Crippen LogP contribution in [0.15, 0.2) is 83.8 Å². The van der Waals surface area contributed by atoms with Crippen molar-refractivity contribution < 1.29 is 4.79 Å². The summed E-state index contributed by atoms with van der Waals surface area (Å²) in [7, 11) is 0. The van der Waals surface area contributed by atoms with E-state index < -0.39 is 0 Å². The third kappa shape index (κ3) is 3.91. The molecule has 32 heavy (non-hydrogen) atoms. The number of halogens is 1. The number of amides is 1. The van der Waals surface area contributed by atoms with Crippen LogP contribution in [-0.4, -0.2) is 30.3 Å². The Kier molecular flexibility index (Phi) is 5.04. The summed E-state index contributed by atoms with van der Waals surface area (Å²) >= 11 is 5.92. The highest BCUT2D eigenvalue weighted by molar-refractivity contribution is 6.30. The second kappa shape index (κ2) is 8.16.